The van der Waals surface area contributed by atoms with Crippen molar-refractivity contribution >= 4 is 62.6 Å². The van der Waals surface area contributed by atoms with Gasteiger partial charge in [0.05, 0.1) is 38.6 Å². The predicted octanol–water partition coefficient (Wildman–Crippen LogP) is 4.91. The van der Waals surface area contributed by atoms with Crippen LogP contribution in [-0.4, -0.2) is 28.0 Å². The first-order chi connectivity index (χ1) is 13.0. The quantitative estimate of drug-likeness (QED) is 0.614. The number of nitrogens with one attached hydrogen (secondary N) is 1. The summed E-state index contributed by atoms with van der Waals surface area (Å²) in [5.41, 5.74) is 5.08. The van der Waals surface area contributed by atoms with E-state index in [1.807, 2.05) is 18.2 Å². The first-order valence-corrected chi connectivity index (χ1v) is 9.80. The highest BCUT2D eigenvalue weighted by Gasteiger charge is 2.21. The van der Waals surface area contributed by atoms with Crippen molar-refractivity contribution in [1.29, 1.82) is 0 Å². The van der Waals surface area contributed by atoms with Crippen LogP contribution in [0.1, 0.15) is 5.56 Å². The minimum absolute atomic E-state index is 0.0491. The van der Waals surface area contributed by atoms with Crippen LogP contribution in [0.3, 0.4) is 0 Å². The van der Waals surface area contributed by atoms with E-state index in [0.29, 0.717) is 17.1 Å². The molecule has 1 N–H and O–H groups in total. The van der Waals surface area contributed by atoms with Crippen LogP contribution in [0.15, 0.2) is 58.1 Å². The molecule has 1 amide bonds. The summed E-state index contributed by atoms with van der Waals surface area (Å²) in [6, 6.07) is 9.93. The molecule has 27 heavy (non-hydrogen) atoms. The number of benzene rings is 2. The lowest BCUT2D eigenvalue weighted by Crippen LogP contribution is -2.26. The number of carbonyl (C=O) groups excluding carboxylic acids is 1. The van der Waals surface area contributed by atoms with Gasteiger partial charge in [-0.2, -0.15) is 4.40 Å². The van der Waals surface area contributed by atoms with Gasteiger partial charge in [0.15, 0.2) is 0 Å². The molecule has 3 aromatic rings. The van der Waals surface area contributed by atoms with Crippen LogP contribution in [0.5, 0.6) is 0 Å². The van der Waals surface area contributed by atoms with Gasteiger partial charge in [-0.15, -0.1) is 11.3 Å². The molecule has 4 rings (SSSR count). The number of carbonyl (C=O) groups is 1. The lowest BCUT2D eigenvalue weighted by atomic mass is 10.1. The normalized spacial score (nSPS) is 14.1. The van der Waals surface area contributed by atoms with E-state index < -0.39 is 5.82 Å². The maximum Gasteiger partial charge on any atom is 0.272 e. The van der Waals surface area contributed by atoms with Crippen LogP contribution >= 0.6 is 35.1 Å². The first-order valence-electron chi connectivity index (χ1n) is 7.82. The fourth-order valence-electron chi connectivity index (χ4n) is 2.53. The number of aromatic nitrogens is 1. The molecule has 0 fully saturated rings. The molecule has 0 saturated heterocycles. The highest BCUT2D eigenvalue weighted by atomic mass is 35.5. The molecule has 0 aliphatic carbocycles. The Morgan fingerprint density at radius 1 is 1.26 bits per heavy atom. The van der Waals surface area contributed by atoms with Gasteiger partial charge in [-0.1, -0.05) is 17.7 Å². The number of fused-ring (bicyclic) bond motifs is 1. The van der Waals surface area contributed by atoms with Gasteiger partial charge in [-0.25, -0.2) is 9.37 Å². The van der Waals surface area contributed by atoms with Crippen LogP contribution in [0.4, 0.5) is 10.1 Å². The van der Waals surface area contributed by atoms with Crippen LogP contribution in [0.25, 0.3) is 10.2 Å². The van der Waals surface area contributed by atoms with Crippen molar-refractivity contribution in [3.63, 3.8) is 0 Å². The Morgan fingerprint density at radius 3 is 2.93 bits per heavy atom. The third-order valence-corrected chi connectivity index (χ3v) is 5.73. The van der Waals surface area contributed by atoms with Crippen LogP contribution in [0.2, 0.25) is 5.02 Å². The second-order valence-corrected chi connectivity index (χ2v) is 7.89. The summed E-state index contributed by atoms with van der Waals surface area (Å²) in [7, 11) is 1.75. The number of anilines is 1. The Labute approximate surface area is 167 Å². The molecule has 0 atom stereocenters. The Hall–Kier alpha value is -2.42. The standard InChI is InChI=1S/C18H12ClFN4OS2/c1-24-16(18(25)22-11-3-4-13(20)12(19)7-11)8-14(23-27-24)10-2-5-17-15(6-10)21-9-26-17/h2-9H,1H3,(H,22,25). The summed E-state index contributed by atoms with van der Waals surface area (Å²) in [6.45, 7) is 0. The lowest BCUT2D eigenvalue weighted by Gasteiger charge is -2.22. The van der Waals surface area contributed by atoms with Crippen molar-refractivity contribution in [2.45, 2.75) is 0 Å². The third kappa shape index (κ3) is 3.69. The van der Waals surface area contributed by atoms with Crippen LogP contribution < -0.4 is 5.32 Å². The maximum atomic E-state index is 13.3. The molecule has 1 aromatic heterocycles. The summed E-state index contributed by atoms with van der Waals surface area (Å²) < 4.78 is 20.5. The molecular weight excluding hydrogens is 407 g/mol. The molecular formula is C18H12ClFN4OS2. The van der Waals surface area contributed by atoms with Gasteiger partial charge in [0.25, 0.3) is 5.91 Å². The van der Waals surface area contributed by atoms with E-state index in [1.165, 1.54) is 30.3 Å². The van der Waals surface area contributed by atoms with Gasteiger partial charge >= 0.3 is 0 Å². The number of hydrogen-bond acceptors (Lipinski definition) is 6. The zero-order valence-electron chi connectivity index (χ0n) is 13.9. The molecule has 0 spiro atoms. The second-order valence-electron chi connectivity index (χ2n) is 5.70. The van der Waals surface area contributed by atoms with E-state index in [0.717, 1.165) is 15.8 Å². The number of nitrogens with zero attached hydrogens (tertiary/aromatic N) is 3. The summed E-state index contributed by atoms with van der Waals surface area (Å²) in [5, 5.41) is 2.68. The molecule has 0 bridgehead atoms. The fourth-order valence-corrected chi connectivity index (χ4v) is 3.96. The van der Waals surface area contributed by atoms with E-state index in [4.69, 9.17) is 11.6 Å². The molecule has 1 aliphatic rings. The van der Waals surface area contributed by atoms with Gasteiger partial charge in [0, 0.05) is 18.3 Å². The van der Waals surface area contributed by atoms with E-state index in [2.05, 4.69) is 14.7 Å². The number of thiazole rings is 1. The van der Waals surface area contributed by atoms with E-state index >= 15 is 0 Å². The highest BCUT2D eigenvalue weighted by molar-refractivity contribution is 7.96. The summed E-state index contributed by atoms with van der Waals surface area (Å²) in [4.78, 5) is 17.0. The van der Waals surface area contributed by atoms with Crippen molar-refractivity contribution in [3.8, 4) is 0 Å². The van der Waals surface area contributed by atoms with E-state index in [9.17, 15) is 9.18 Å². The number of allylic oxidation sites excluding steroid dienone is 1. The van der Waals surface area contributed by atoms with E-state index in [1.54, 1.807) is 34.3 Å². The number of likely N-dealkylation sites (N-methyl/N-ethyl adjacent to an activating group) is 1. The van der Waals surface area contributed by atoms with Gasteiger partial charge in [0.2, 0.25) is 0 Å². The Kier molecular flexibility index (Phi) is 4.86. The molecule has 0 unspecified atom stereocenters. The molecule has 0 radical (unpaired) electrons. The SMILES string of the molecule is CN1SN=C(c2ccc3scnc3c2)C=C1C(=O)Nc1ccc(F)c(Cl)c1. The average Bonchev–Trinajstić information content (AvgIpc) is 3.13. The smallest absolute Gasteiger partial charge is 0.272 e. The monoisotopic (exact) mass is 418 g/mol. The second kappa shape index (κ2) is 7.30. The van der Waals surface area contributed by atoms with Gasteiger partial charge in [-0.05, 0) is 36.4 Å². The largest absolute Gasteiger partial charge is 0.321 e. The fraction of sp³-hybridized carbons (Fsp3) is 0.0556. The molecule has 2 aromatic carbocycles. The minimum atomic E-state index is -0.536. The molecule has 2 heterocycles. The van der Waals surface area contributed by atoms with Crippen molar-refractivity contribution in [1.82, 2.24) is 9.29 Å². The zero-order valence-corrected chi connectivity index (χ0v) is 16.3. The Morgan fingerprint density at radius 2 is 2.11 bits per heavy atom. The Bertz CT molecular complexity index is 1110. The van der Waals surface area contributed by atoms with Crippen LogP contribution in [-0.2, 0) is 4.79 Å². The molecule has 9 heteroatoms. The van der Waals surface area contributed by atoms with Crippen molar-refractivity contribution in [3.05, 3.63) is 70.1 Å². The third-order valence-electron chi connectivity index (χ3n) is 3.91. The summed E-state index contributed by atoms with van der Waals surface area (Å²) >= 11 is 8.51. The zero-order chi connectivity index (χ0) is 19.0. The topological polar surface area (TPSA) is 57.6 Å². The highest BCUT2D eigenvalue weighted by Crippen LogP contribution is 2.27. The maximum absolute atomic E-state index is 13.3. The average molecular weight is 419 g/mol. The minimum Gasteiger partial charge on any atom is -0.321 e. The predicted molar refractivity (Wildman–Crippen MR) is 110 cm³/mol. The van der Waals surface area contributed by atoms with Crippen molar-refractivity contribution in [2.75, 3.05) is 12.4 Å². The van der Waals surface area contributed by atoms with Gasteiger partial charge in [0.1, 0.15) is 11.5 Å². The van der Waals surface area contributed by atoms with Gasteiger partial charge in [-0.3, -0.25) is 9.10 Å². The molecule has 5 nitrogen and oxygen atoms in total. The number of halogens is 2. The number of rotatable bonds is 3. The van der Waals surface area contributed by atoms with Gasteiger partial charge < -0.3 is 5.32 Å². The van der Waals surface area contributed by atoms with Crippen molar-refractivity contribution < 1.29 is 9.18 Å². The lowest BCUT2D eigenvalue weighted by molar-refractivity contribution is -0.113. The molecule has 136 valence electrons. The summed E-state index contributed by atoms with van der Waals surface area (Å²) in [5.74, 6) is -0.874. The van der Waals surface area contributed by atoms with Crippen LogP contribution in [0, 0.1) is 5.82 Å². The first kappa shape index (κ1) is 18.0. The van der Waals surface area contributed by atoms with E-state index in [-0.39, 0.29) is 10.9 Å². The number of hydrogen-bond donors (Lipinski definition) is 1. The molecule has 0 saturated carbocycles. The summed E-state index contributed by atoms with van der Waals surface area (Å²) in [6.07, 6.45) is 1.71. The Balaban J connectivity index is 1.61. The number of amides is 1. The van der Waals surface area contributed by atoms with Crippen molar-refractivity contribution in [2.24, 2.45) is 4.40 Å². The molecule has 1 aliphatic heterocycles.